The molecular weight excluding hydrogens is 299 g/mol. The van der Waals surface area contributed by atoms with Crippen molar-refractivity contribution >= 4 is 11.7 Å². The lowest BCUT2D eigenvalue weighted by Crippen LogP contribution is -2.41. The maximum Gasteiger partial charge on any atom is 0.319 e. The number of nitrogens with one attached hydrogen (secondary N) is 2. The monoisotopic (exact) mass is 320 g/mol. The SMILES string of the molecule is CC(C)CC(CO)NC(=O)Nc1cc(F)ccc1-n1cccn1. The van der Waals surface area contributed by atoms with Crippen molar-refractivity contribution in [2.75, 3.05) is 11.9 Å². The van der Waals surface area contributed by atoms with Gasteiger partial charge < -0.3 is 15.7 Å². The summed E-state index contributed by atoms with van der Waals surface area (Å²) < 4.78 is 15.0. The third-order valence-electron chi connectivity index (χ3n) is 3.27. The van der Waals surface area contributed by atoms with Crippen LogP contribution in [0.4, 0.5) is 14.9 Å². The maximum atomic E-state index is 13.5. The molecule has 2 amide bonds. The summed E-state index contributed by atoms with van der Waals surface area (Å²) in [6.45, 7) is 3.86. The zero-order valence-electron chi connectivity index (χ0n) is 13.2. The minimum atomic E-state index is -0.497. The average molecular weight is 320 g/mol. The van der Waals surface area contributed by atoms with Crippen LogP contribution in [0.15, 0.2) is 36.7 Å². The van der Waals surface area contributed by atoms with Crippen LogP contribution in [0, 0.1) is 11.7 Å². The van der Waals surface area contributed by atoms with E-state index < -0.39 is 11.8 Å². The molecule has 0 fully saturated rings. The number of aliphatic hydroxyl groups is 1. The molecule has 124 valence electrons. The second-order valence-electron chi connectivity index (χ2n) is 5.72. The predicted molar refractivity (Wildman–Crippen MR) is 86.0 cm³/mol. The number of anilines is 1. The number of rotatable bonds is 6. The lowest BCUT2D eigenvalue weighted by atomic mass is 10.0. The van der Waals surface area contributed by atoms with E-state index >= 15 is 0 Å². The van der Waals surface area contributed by atoms with E-state index in [0.29, 0.717) is 23.7 Å². The van der Waals surface area contributed by atoms with Gasteiger partial charge in [0.15, 0.2) is 0 Å². The smallest absolute Gasteiger partial charge is 0.319 e. The van der Waals surface area contributed by atoms with Crippen LogP contribution in [0.5, 0.6) is 0 Å². The first-order valence-corrected chi connectivity index (χ1v) is 7.47. The van der Waals surface area contributed by atoms with Crippen molar-refractivity contribution in [1.82, 2.24) is 15.1 Å². The average Bonchev–Trinajstić information content (AvgIpc) is 3.00. The number of carbonyl (C=O) groups is 1. The summed E-state index contributed by atoms with van der Waals surface area (Å²) in [4.78, 5) is 12.1. The molecule has 23 heavy (non-hydrogen) atoms. The van der Waals surface area contributed by atoms with Gasteiger partial charge in [-0.1, -0.05) is 13.8 Å². The molecule has 2 aromatic rings. The van der Waals surface area contributed by atoms with Crippen LogP contribution in [0.3, 0.4) is 0 Å². The topological polar surface area (TPSA) is 79.2 Å². The zero-order chi connectivity index (χ0) is 16.8. The number of halogens is 1. The summed E-state index contributed by atoms with van der Waals surface area (Å²) in [6, 6.07) is 4.95. The summed E-state index contributed by atoms with van der Waals surface area (Å²) in [5, 5.41) is 18.7. The number of urea groups is 1. The molecule has 0 saturated heterocycles. The number of benzene rings is 1. The second kappa shape index (κ2) is 7.73. The number of carbonyl (C=O) groups excluding carboxylic acids is 1. The Morgan fingerprint density at radius 3 is 2.83 bits per heavy atom. The van der Waals surface area contributed by atoms with Gasteiger partial charge in [-0.3, -0.25) is 0 Å². The minimum absolute atomic E-state index is 0.152. The van der Waals surface area contributed by atoms with Crippen molar-refractivity contribution in [2.45, 2.75) is 26.3 Å². The number of aromatic nitrogens is 2. The molecule has 1 aromatic carbocycles. The van der Waals surface area contributed by atoms with Crippen molar-refractivity contribution < 1.29 is 14.3 Å². The molecule has 0 radical (unpaired) electrons. The van der Waals surface area contributed by atoms with Gasteiger partial charge in [-0.2, -0.15) is 5.10 Å². The number of hydrogen-bond donors (Lipinski definition) is 3. The number of hydrogen-bond acceptors (Lipinski definition) is 3. The Labute approximate surface area is 134 Å². The molecule has 0 aliphatic rings. The standard InChI is InChI=1S/C16H21FN4O2/c1-11(2)8-13(10-22)19-16(23)20-14-9-12(17)4-5-15(14)21-7-3-6-18-21/h3-7,9,11,13,22H,8,10H2,1-2H3,(H2,19,20,23). The first-order chi connectivity index (χ1) is 11.0. The summed E-state index contributed by atoms with van der Waals surface area (Å²) >= 11 is 0. The molecule has 1 aromatic heterocycles. The van der Waals surface area contributed by atoms with Gasteiger partial charge in [0.2, 0.25) is 0 Å². The second-order valence-corrected chi connectivity index (χ2v) is 5.72. The van der Waals surface area contributed by atoms with Crippen LogP contribution < -0.4 is 10.6 Å². The van der Waals surface area contributed by atoms with Gasteiger partial charge in [0.25, 0.3) is 0 Å². The highest BCUT2D eigenvalue weighted by atomic mass is 19.1. The van der Waals surface area contributed by atoms with Gasteiger partial charge >= 0.3 is 6.03 Å². The molecule has 0 aliphatic heterocycles. The Morgan fingerprint density at radius 2 is 2.22 bits per heavy atom. The summed E-state index contributed by atoms with van der Waals surface area (Å²) in [6.07, 6.45) is 3.95. The van der Waals surface area contributed by atoms with E-state index in [2.05, 4.69) is 15.7 Å². The van der Waals surface area contributed by atoms with Crippen LogP contribution >= 0.6 is 0 Å². The third-order valence-corrected chi connectivity index (χ3v) is 3.27. The number of nitrogens with zero attached hydrogens (tertiary/aromatic N) is 2. The van der Waals surface area contributed by atoms with Gasteiger partial charge in [-0.25, -0.2) is 13.9 Å². The molecule has 0 aliphatic carbocycles. The number of aliphatic hydroxyl groups excluding tert-OH is 1. The van der Waals surface area contributed by atoms with Crippen molar-refractivity contribution in [3.05, 3.63) is 42.5 Å². The molecular formula is C16H21FN4O2. The van der Waals surface area contributed by atoms with Gasteiger partial charge in [0, 0.05) is 12.4 Å². The molecule has 0 saturated carbocycles. The fourth-order valence-electron chi connectivity index (χ4n) is 2.31. The van der Waals surface area contributed by atoms with Crippen LogP contribution in [-0.2, 0) is 0 Å². The third kappa shape index (κ3) is 4.79. The van der Waals surface area contributed by atoms with E-state index in [4.69, 9.17) is 0 Å². The van der Waals surface area contributed by atoms with E-state index in [1.54, 1.807) is 18.5 Å². The molecule has 1 heterocycles. The fraction of sp³-hybridized carbons (Fsp3) is 0.375. The molecule has 1 atom stereocenters. The Balaban J connectivity index is 2.13. The summed E-state index contributed by atoms with van der Waals surface area (Å²) in [5.41, 5.74) is 0.850. The quantitative estimate of drug-likeness (QED) is 0.765. The number of amides is 2. The minimum Gasteiger partial charge on any atom is -0.394 e. The molecule has 3 N–H and O–H groups in total. The van der Waals surface area contributed by atoms with E-state index in [1.807, 2.05) is 13.8 Å². The zero-order valence-corrected chi connectivity index (χ0v) is 13.2. The highest BCUT2D eigenvalue weighted by Crippen LogP contribution is 2.21. The lowest BCUT2D eigenvalue weighted by molar-refractivity contribution is 0.214. The van der Waals surface area contributed by atoms with Crippen molar-refractivity contribution in [1.29, 1.82) is 0 Å². The first-order valence-electron chi connectivity index (χ1n) is 7.47. The van der Waals surface area contributed by atoms with Crippen LogP contribution in [0.1, 0.15) is 20.3 Å². The van der Waals surface area contributed by atoms with E-state index in [-0.39, 0.29) is 12.6 Å². The Hall–Kier alpha value is -2.41. The van der Waals surface area contributed by atoms with Gasteiger partial charge in [0.05, 0.1) is 24.0 Å². The predicted octanol–water partition coefficient (Wildman–Crippen LogP) is 2.54. The highest BCUT2D eigenvalue weighted by molar-refractivity contribution is 5.91. The molecule has 7 heteroatoms. The van der Waals surface area contributed by atoms with Gasteiger partial charge in [-0.15, -0.1) is 0 Å². The van der Waals surface area contributed by atoms with E-state index in [1.165, 1.54) is 22.9 Å². The fourth-order valence-corrected chi connectivity index (χ4v) is 2.31. The van der Waals surface area contributed by atoms with E-state index in [9.17, 15) is 14.3 Å². The van der Waals surface area contributed by atoms with Crippen molar-refractivity contribution in [3.8, 4) is 5.69 Å². The highest BCUT2D eigenvalue weighted by Gasteiger charge is 2.15. The maximum absolute atomic E-state index is 13.5. The van der Waals surface area contributed by atoms with Crippen molar-refractivity contribution in [2.24, 2.45) is 5.92 Å². The molecule has 0 bridgehead atoms. The lowest BCUT2D eigenvalue weighted by Gasteiger charge is -2.19. The van der Waals surface area contributed by atoms with Gasteiger partial charge in [0.1, 0.15) is 5.82 Å². The molecule has 2 rings (SSSR count). The van der Waals surface area contributed by atoms with Crippen molar-refractivity contribution in [3.63, 3.8) is 0 Å². The van der Waals surface area contributed by atoms with Crippen LogP contribution in [0.2, 0.25) is 0 Å². The van der Waals surface area contributed by atoms with Gasteiger partial charge in [-0.05, 0) is 36.6 Å². The molecule has 6 nitrogen and oxygen atoms in total. The largest absolute Gasteiger partial charge is 0.394 e. The first kappa shape index (κ1) is 17.0. The molecule has 0 spiro atoms. The normalized spacial score (nSPS) is 12.2. The van der Waals surface area contributed by atoms with Crippen LogP contribution in [0.25, 0.3) is 5.69 Å². The molecule has 1 unspecified atom stereocenters. The Kier molecular flexibility index (Phi) is 5.70. The van der Waals surface area contributed by atoms with Crippen LogP contribution in [-0.4, -0.2) is 33.6 Å². The Bertz CT molecular complexity index is 644. The Morgan fingerprint density at radius 1 is 1.43 bits per heavy atom. The van der Waals surface area contributed by atoms with E-state index in [0.717, 1.165) is 0 Å². The summed E-state index contributed by atoms with van der Waals surface area (Å²) in [5.74, 6) is -0.127. The summed E-state index contributed by atoms with van der Waals surface area (Å²) in [7, 11) is 0.